The summed E-state index contributed by atoms with van der Waals surface area (Å²) in [7, 11) is 0. The van der Waals surface area contributed by atoms with Crippen LogP contribution in [0.25, 0.3) is 0 Å². The van der Waals surface area contributed by atoms with Crippen molar-refractivity contribution >= 4 is 11.8 Å². The molecule has 0 aromatic carbocycles. The molecule has 0 saturated carbocycles. The molecular formula is C13H25N3O2. The number of nitrogens with zero attached hydrogens (tertiary/aromatic N) is 1. The Morgan fingerprint density at radius 2 is 2.06 bits per heavy atom. The van der Waals surface area contributed by atoms with Gasteiger partial charge in [0.1, 0.15) is 6.04 Å². The van der Waals surface area contributed by atoms with E-state index in [-0.39, 0.29) is 17.7 Å². The Labute approximate surface area is 109 Å². The largest absolute Gasteiger partial charge is 0.344 e. The first-order valence-corrected chi connectivity index (χ1v) is 6.90. The highest BCUT2D eigenvalue weighted by atomic mass is 16.2. The normalized spacial score (nSPS) is 21.2. The third-order valence-electron chi connectivity index (χ3n) is 3.47. The first-order valence-electron chi connectivity index (χ1n) is 6.90. The molecule has 104 valence electrons. The summed E-state index contributed by atoms with van der Waals surface area (Å²) in [6.07, 6.45) is 1.93. The lowest BCUT2D eigenvalue weighted by Gasteiger charge is -2.26. The summed E-state index contributed by atoms with van der Waals surface area (Å²) in [4.78, 5) is 25.7. The van der Waals surface area contributed by atoms with E-state index in [1.165, 1.54) is 0 Å². The molecule has 0 aromatic rings. The molecule has 1 aliphatic rings. The molecule has 2 unspecified atom stereocenters. The first kappa shape index (κ1) is 15.0. The molecule has 2 N–H and O–H groups in total. The van der Waals surface area contributed by atoms with Gasteiger partial charge in [-0.1, -0.05) is 0 Å². The van der Waals surface area contributed by atoms with E-state index in [1.807, 2.05) is 13.8 Å². The van der Waals surface area contributed by atoms with Gasteiger partial charge in [-0.3, -0.25) is 9.59 Å². The maximum absolute atomic E-state index is 12.0. The van der Waals surface area contributed by atoms with Crippen molar-refractivity contribution < 1.29 is 9.59 Å². The highest BCUT2D eigenvalue weighted by Crippen LogP contribution is 2.10. The van der Waals surface area contributed by atoms with Crippen LogP contribution < -0.4 is 10.6 Å². The minimum Gasteiger partial charge on any atom is -0.344 e. The number of rotatable bonds is 5. The molecule has 0 aromatic heterocycles. The fourth-order valence-corrected chi connectivity index (χ4v) is 2.28. The zero-order valence-corrected chi connectivity index (χ0v) is 11.7. The fraction of sp³-hybridized carbons (Fsp3) is 0.846. The highest BCUT2D eigenvalue weighted by molar-refractivity contribution is 5.88. The van der Waals surface area contributed by atoms with Crippen LogP contribution >= 0.6 is 0 Å². The summed E-state index contributed by atoms with van der Waals surface area (Å²) in [5.74, 6) is -0.00183. The van der Waals surface area contributed by atoms with Crippen LogP contribution in [0, 0.1) is 5.92 Å². The fourth-order valence-electron chi connectivity index (χ4n) is 2.28. The van der Waals surface area contributed by atoms with Gasteiger partial charge in [0, 0.05) is 19.6 Å². The number of nitrogens with one attached hydrogen (secondary N) is 2. The number of carbonyl (C=O) groups is 2. The van der Waals surface area contributed by atoms with Gasteiger partial charge in [-0.2, -0.15) is 0 Å². The van der Waals surface area contributed by atoms with Crippen LogP contribution in [0.1, 0.15) is 33.6 Å². The van der Waals surface area contributed by atoms with Crippen LogP contribution in [-0.4, -0.2) is 48.9 Å². The SMILES string of the molecule is CCN(CC)C(=O)C(C)NC(=O)C1CCCNC1. The van der Waals surface area contributed by atoms with E-state index in [2.05, 4.69) is 10.6 Å². The van der Waals surface area contributed by atoms with E-state index in [1.54, 1.807) is 11.8 Å². The molecule has 0 radical (unpaired) electrons. The second kappa shape index (κ2) is 7.36. The molecule has 5 heteroatoms. The molecule has 1 aliphatic heterocycles. The second-order valence-corrected chi connectivity index (χ2v) is 4.78. The van der Waals surface area contributed by atoms with Crippen molar-refractivity contribution in [2.75, 3.05) is 26.2 Å². The van der Waals surface area contributed by atoms with Crippen LogP contribution in [0.3, 0.4) is 0 Å². The van der Waals surface area contributed by atoms with Crippen LogP contribution in [-0.2, 0) is 9.59 Å². The van der Waals surface area contributed by atoms with E-state index in [4.69, 9.17) is 0 Å². The lowest BCUT2D eigenvalue weighted by Crippen LogP contribution is -2.50. The number of carbonyl (C=O) groups excluding carboxylic acids is 2. The van der Waals surface area contributed by atoms with Gasteiger partial charge in [0.25, 0.3) is 0 Å². The van der Waals surface area contributed by atoms with Crippen molar-refractivity contribution in [1.29, 1.82) is 0 Å². The van der Waals surface area contributed by atoms with E-state index in [0.29, 0.717) is 13.1 Å². The van der Waals surface area contributed by atoms with Crippen molar-refractivity contribution in [3.05, 3.63) is 0 Å². The van der Waals surface area contributed by atoms with E-state index >= 15 is 0 Å². The monoisotopic (exact) mass is 255 g/mol. The van der Waals surface area contributed by atoms with E-state index in [9.17, 15) is 9.59 Å². The summed E-state index contributed by atoms with van der Waals surface area (Å²) in [6.45, 7) is 8.72. The number of piperidine rings is 1. The van der Waals surface area contributed by atoms with Crippen molar-refractivity contribution in [2.24, 2.45) is 5.92 Å². The standard InChI is InChI=1S/C13H25N3O2/c1-4-16(5-2)13(18)10(3)15-12(17)11-7-6-8-14-9-11/h10-11,14H,4-9H2,1-3H3,(H,15,17). The van der Waals surface area contributed by atoms with Gasteiger partial charge in [0.15, 0.2) is 0 Å². The van der Waals surface area contributed by atoms with Gasteiger partial charge < -0.3 is 15.5 Å². The van der Waals surface area contributed by atoms with E-state index in [0.717, 1.165) is 25.9 Å². The number of likely N-dealkylation sites (N-methyl/N-ethyl adjacent to an activating group) is 1. The average Bonchev–Trinajstić information content (AvgIpc) is 2.40. The molecule has 2 amide bonds. The lowest BCUT2D eigenvalue weighted by molar-refractivity contribution is -0.136. The Balaban J connectivity index is 2.45. The van der Waals surface area contributed by atoms with E-state index < -0.39 is 6.04 Å². The third kappa shape index (κ3) is 3.98. The highest BCUT2D eigenvalue weighted by Gasteiger charge is 2.25. The minimum atomic E-state index is -0.431. The average molecular weight is 255 g/mol. The molecule has 1 heterocycles. The molecule has 18 heavy (non-hydrogen) atoms. The smallest absolute Gasteiger partial charge is 0.244 e. The van der Waals surface area contributed by atoms with Gasteiger partial charge in [-0.05, 0) is 40.2 Å². The zero-order valence-electron chi connectivity index (χ0n) is 11.7. The van der Waals surface area contributed by atoms with Crippen molar-refractivity contribution in [3.8, 4) is 0 Å². The molecule has 1 fully saturated rings. The van der Waals surface area contributed by atoms with Crippen LogP contribution in [0.2, 0.25) is 0 Å². The summed E-state index contributed by atoms with van der Waals surface area (Å²) in [5.41, 5.74) is 0. The maximum Gasteiger partial charge on any atom is 0.244 e. The third-order valence-corrected chi connectivity index (χ3v) is 3.47. The maximum atomic E-state index is 12.0. The predicted octanol–water partition coefficient (Wildman–Crippen LogP) is 0.359. The molecule has 5 nitrogen and oxygen atoms in total. The molecule has 0 bridgehead atoms. The Morgan fingerprint density at radius 3 is 2.56 bits per heavy atom. The predicted molar refractivity (Wildman–Crippen MR) is 71.1 cm³/mol. The van der Waals surface area contributed by atoms with Crippen LogP contribution in [0.5, 0.6) is 0 Å². The number of amides is 2. The molecular weight excluding hydrogens is 230 g/mol. The Bertz CT molecular complexity index is 284. The summed E-state index contributed by atoms with van der Waals surface area (Å²) >= 11 is 0. The molecule has 0 aliphatic carbocycles. The first-order chi connectivity index (χ1) is 8.60. The zero-order chi connectivity index (χ0) is 13.5. The number of hydrogen-bond acceptors (Lipinski definition) is 3. The minimum absolute atomic E-state index is 0.00267. The van der Waals surface area contributed by atoms with Gasteiger partial charge in [0.2, 0.25) is 11.8 Å². The van der Waals surface area contributed by atoms with Gasteiger partial charge >= 0.3 is 0 Å². The topological polar surface area (TPSA) is 61.4 Å². The molecule has 0 spiro atoms. The molecule has 2 atom stereocenters. The Hall–Kier alpha value is -1.10. The van der Waals surface area contributed by atoms with Crippen molar-refractivity contribution in [3.63, 3.8) is 0 Å². The summed E-state index contributed by atoms with van der Waals surface area (Å²) in [5, 5.41) is 6.04. The molecule has 1 saturated heterocycles. The van der Waals surface area contributed by atoms with Crippen LogP contribution in [0.4, 0.5) is 0 Å². The van der Waals surface area contributed by atoms with Gasteiger partial charge in [-0.25, -0.2) is 0 Å². The molecule has 1 rings (SSSR count). The van der Waals surface area contributed by atoms with Crippen molar-refractivity contribution in [2.45, 2.75) is 39.7 Å². The Morgan fingerprint density at radius 1 is 1.39 bits per heavy atom. The van der Waals surface area contributed by atoms with Crippen LogP contribution in [0.15, 0.2) is 0 Å². The number of hydrogen-bond donors (Lipinski definition) is 2. The second-order valence-electron chi connectivity index (χ2n) is 4.78. The van der Waals surface area contributed by atoms with Gasteiger partial charge in [-0.15, -0.1) is 0 Å². The summed E-state index contributed by atoms with van der Waals surface area (Å²) < 4.78 is 0. The Kier molecular flexibility index (Phi) is 6.12. The summed E-state index contributed by atoms with van der Waals surface area (Å²) in [6, 6.07) is -0.431. The quantitative estimate of drug-likeness (QED) is 0.745. The van der Waals surface area contributed by atoms with Crippen molar-refractivity contribution in [1.82, 2.24) is 15.5 Å². The van der Waals surface area contributed by atoms with Gasteiger partial charge in [0.05, 0.1) is 5.92 Å². The lowest BCUT2D eigenvalue weighted by atomic mass is 9.98.